The van der Waals surface area contributed by atoms with Crippen molar-refractivity contribution < 1.29 is 32.3 Å². The molecule has 2 aliphatic rings. The molecule has 0 saturated carbocycles. The Balaban J connectivity index is 0.000000364. The number of amides is 1. The molecule has 0 fully saturated rings. The van der Waals surface area contributed by atoms with Gasteiger partial charge in [-0.1, -0.05) is 0 Å². The van der Waals surface area contributed by atoms with Crippen molar-refractivity contribution in [2.75, 3.05) is 11.9 Å². The Morgan fingerprint density at radius 2 is 1.83 bits per heavy atom. The summed E-state index contributed by atoms with van der Waals surface area (Å²) in [6.07, 6.45) is -1.96. The van der Waals surface area contributed by atoms with Gasteiger partial charge in [-0.25, -0.2) is 14.2 Å². The second kappa shape index (κ2) is 9.82. The molecule has 1 aromatic carbocycles. The summed E-state index contributed by atoms with van der Waals surface area (Å²) in [5.41, 5.74) is 0.790. The van der Waals surface area contributed by atoms with E-state index in [0.29, 0.717) is 25.3 Å². The molecule has 0 aliphatic carbocycles. The highest BCUT2D eigenvalue weighted by molar-refractivity contribution is 5.91. The third-order valence-electron chi connectivity index (χ3n) is 5.65. The maximum Gasteiger partial charge on any atom is 0.490 e. The first-order valence-electron chi connectivity index (χ1n) is 10.7. The number of aryl methyl sites for hydroxylation is 1. The lowest BCUT2D eigenvalue weighted by Crippen LogP contribution is -2.33. The van der Waals surface area contributed by atoms with E-state index in [1.165, 1.54) is 12.1 Å². The molecule has 1 atom stereocenters. The molecule has 5 rings (SSSR count). The number of aromatic nitrogens is 5. The minimum atomic E-state index is -5.08. The topological polar surface area (TPSA) is 127 Å². The van der Waals surface area contributed by atoms with Crippen LogP contribution in [0.15, 0.2) is 30.5 Å². The van der Waals surface area contributed by atoms with Crippen LogP contribution >= 0.6 is 0 Å². The molecule has 4 heterocycles. The van der Waals surface area contributed by atoms with Crippen molar-refractivity contribution in [2.45, 2.75) is 38.7 Å². The van der Waals surface area contributed by atoms with Crippen molar-refractivity contribution in [3.8, 4) is 11.4 Å². The van der Waals surface area contributed by atoms with E-state index in [9.17, 15) is 22.4 Å². The summed E-state index contributed by atoms with van der Waals surface area (Å²) in [4.78, 5) is 26.2. The predicted octanol–water partition coefficient (Wildman–Crippen LogP) is 2.22. The molecule has 0 saturated heterocycles. The average Bonchev–Trinajstić information content (AvgIpc) is 3.43. The number of carbonyl (C=O) groups is 2. The van der Waals surface area contributed by atoms with Crippen molar-refractivity contribution >= 4 is 17.7 Å². The lowest BCUT2D eigenvalue weighted by atomic mass is 9.98. The van der Waals surface area contributed by atoms with Crippen molar-refractivity contribution in [1.82, 2.24) is 29.6 Å². The van der Waals surface area contributed by atoms with Gasteiger partial charge in [-0.05, 0) is 30.7 Å². The van der Waals surface area contributed by atoms with Crippen LogP contribution in [0.25, 0.3) is 11.4 Å². The van der Waals surface area contributed by atoms with Crippen LogP contribution in [0.1, 0.15) is 18.1 Å². The highest BCUT2D eigenvalue weighted by Crippen LogP contribution is 2.27. The van der Waals surface area contributed by atoms with Gasteiger partial charge in [0.25, 0.3) is 0 Å². The lowest BCUT2D eigenvalue weighted by Gasteiger charge is -2.24. The fourth-order valence-electron chi connectivity index (χ4n) is 3.88. The molecule has 14 heteroatoms. The van der Waals surface area contributed by atoms with Gasteiger partial charge in [-0.3, -0.25) is 4.79 Å². The maximum atomic E-state index is 13.2. The molecule has 3 N–H and O–H groups in total. The SMILES string of the molecule is O=C(Nc1cnc2n1CCNC2)C1CCc2nnc(-c3ccc(F)cc3)n2C1.O=C(O)C(F)(F)F. The summed E-state index contributed by atoms with van der Waals surface area (Å²) in [6.45, 7) is 2.87. The zero-order valence-electron chi connectivity index (χ0n) is 18.2. The van der Waals surface area contributed by atoms with Gasteiger partial charge < -0.3 is 24.9 Å². The number of nitrogens with one attached hydrogen (secondary N) is 2. The summed E-state index contributed by atoms with van der Waals surface area (Å²) in [7, 11) is 0. The Morgan fingerprint density at radius 1 is 1.11 bits per heavy atom. The van der Waals surface area contributed by atoms with Gasteiger partial charge in [-0.15, -0.1) is 10.2 Å². The molecule has 2 aliphatic heterocycles. The van der Waals surface area contributed by atoms with Crippen molar-refractivity contribution in [2.24, 2.45) is 5.92 Å². The fraction of sp³-hybridized carbons (Fsp3) is 0.381. The fourth-order valence-corrected chi connectivity index (χ4v) is 3.88. The largest absolute Gasteiger partial charge is 0.490 e. The molecule has 0 spiro atoms. The van der Waals surface area contributed by atoms with Crippen LogP contribution in [0.4, 0.5) is 23.4 Å². The first kappa shape index (κ1) is 24.3. The van der Waals surface area contributed by atoms with Gasteiger partial charge in [0.15, 0.2) is 5.82 Å². The molecule has 186 valence electrons. The molecule has 0 bridgehead atoms. The Bertz CT molecular complexity index is 1220. The van der Waals surface area contributed by atoms with Crippen molar-refractivity contribution in [3.63, 3.8) is 0 Å². The lowest BCUT2D eigenvalue weighted by molar-refractivity contribution is -0.192. The van der Waals surface area contributed by atoms with Gasteiger partial charge in [0.1, 0.15) is 23.3 Å². The van der Waals surface area contributed by atoms with E-state index < -0.39 is 12.1 Å². The Hall–Kier alpha value is -3.81. The van der Waals surface area contributed by atoms with Crippen LogP contribution in [0, 0.1) is 11.7 Å². The zero-order valence-corrected chi connectivity index (χ0v) is 18.2. The number of benzene rings is 1. The number of hydrogen-bond acceptors (Lipinski definition) is 6. The smallest absolute Gasteiger partial charge is 0.475 e. The quantitative estimate of drug-likeness (QED) is 0.476. The summed E-state index contributed by atoms with van der Waals surface area (Å²) in [6, 6.07) is 6.18. The first-order valence-corrected chi connectivity index (χ1v) is 10.7. The molecule has 1 unspecified atom stereocenters. The number of carbonyl (C=O) groups excluding carboxylic acids is 1. The zero-order chi connectivity index (χ0) is 25.2. The molecule has 35 heavy (non-hydrogen) atoms. The standard InChI is InChI=1S/C19H20FN7O.C2HF3O2/c20-14-4-1-12(2-5-14)18-25-24-15-6-3-13(11-27(15)18)19(28)23-17-10-22-16-9-21-7-8-26(16)17;3-2(4,5)1(6)7/h1-2,4-5,10,13,21H,3,6-9,11H2,(H,23,28);(H,6,7). The second-order valence-electron chi connectivity index (χ2n) is 7.97. The molecular weight excluding hydrogens is 474 g/mol. The number of rotatable bonds is 3. The number of halogens is 4. The Kier molecular flexibility index (Phi) is 6.82. The number of aliphatic carboxylic acids is 1. The van der Waals surface area contributed by atoms with Gasteiger partial charge in [0.2, 0.25) is 5.91 Å². The third-order valence-corrected chi connectivity index (χ3v) is 5.65. The Morgan fingerprint density at radius 3 is 2.51 bits per heavy atom. The van der Waals surface area contributed by atoms with Crippen LogP contribution in [0.2, 0.25) is 0 Å². The van der Waals surface area contributed by atoms with Crippen LogP contribution in [0.5, 0.6) is 0 Å². The number of alkyl halides is 3. The highest BCUT2D eigenvalue weighted by Gasteiger charge is 2.38. The summed E-state index contributed by atoms with van der Waals surface area (Å²) >= 11 is 0. The Labute approximate surface area is 196 Å². The summed E-state index contributed by atoms with van der Waals surface area (Å²) < 4.78 is 49.0. The van der Waals surface area contributed by atoms with E-state index in [4.69, 9.17) is 9.90 Å². The minimum absolute atomic E-state index is 0.0226. The van der Waals surface area contributed by atoms with Crippen LogP contribution in [0.3, 0.4) is 0 Å². The number of imidazole rings is 1. The van der Waals surface area contributed by atoms with Crippen LogP contribution < -0.4 is 10.6 Å². The monoisotopic (exact) mass is 495 g/mol. The highest BCUT2D eigenvalue weighted by atomic mass is 19.4. The van der Waals surface area contributed by atoms with Crippen LogP contribution in [-0.4, -0.2) is 54.0 Å². The molecule has 1 amide bonds. The normalized spacial score (nSPS) is 17.0. The number of fused-ring (bicyclic) bond motifs is 2. The second-order valence-corrected chi connectivity index (χ2v) is 7.97. The molecule has 10 nitrogen and oxygen atoms in total. The van der Waals surface area contributed by atoms with E-state index in [0.717, 1.165) is 42.5 Å². The van der Waals surface area contributed by atoms with Crippen molar-refractivity contribution in [3.05, 3.63) is 47.9 Å². The van der Waals surface area contributed by atoms with Gasteiger partial charge in [0, 0.05) is 31.6 Å². The van der Waals surface area contributed by atoms with E-state index >= 15 is 0 Å². The maximum absolute atomic E-state index is 13.2. The number of carboxylic acids is 1. The van der Waals surface area contributed by atoms with Gasteiger partial charge in [-0.2, -0.15) is 13.2 Å². The van der Waals surface area contributed by atoms with Crippen LogP contribution in [-0.2, 0) is 35.6 Å². The molecule has 0 radical (unpaired) electrons. The van der Waals surface area contributed by atoms with Crippen molar-refractivity contribution in [1.29, 1.82) is 0 Å². The predicted molar refractivity (Wildman–Crippen MR) is 113 cm³/mol. The number of anilines is 1. The van der Waals surface area contributed by atoms with Gasteiger partial charge in [0.05, 0.1) is 18.7 Å². The molecule has 2 aromatic heterocycles. The average molecular weight is 495 g/mol. The van der Waals surface area contributed by atoms with E-state index in [2.05, 4.69) is 25.8 Å². The number of hydrogen-bond donors (Lipinski definition) is 3. The van der Waals surface area contributed by atoms with E-state index in [-0.39, 0.29) is 17.6 Å². The number of carboxylic acid groups (broad SMARTS) is 1. The summed E-state index contributed by atoms with van der Waals surface area (Å²) in [5.74, 6) is -0.0522. The first-order chi connectivity index (χ1) is 16.6. The molecular formula is C21H21F4N7O3. The van der Waals surface area contributed by atoms with E-state index in [1.54, 1.807) is 18.3 Å². The summed E-state index contributed by atoms with van der Waals surface area (Å²) in [5, 5.41) is 21.9. The molecule has 3 aromatic rings. The minimum Gasteiger partial charge on any atom is -0.475 e. The van der Waals surface area contributed by atoms with Gasteiger partial charge >= 0.3 is 12.1 Å². The van der Waals surface area contributed by atoms with E-state index in [1.807, 2.05) is 9.13 Å². The number of nitrogens with zero attached hydrogens (tertiary/aromatic N) is 5. The third kappa shape index (κ3) is 5.48.